The third-order valence-corrected chi connectivity index (χ3v) is 3.33. The van der Waals surface area contributed by atoms with Crippen molar-refractivity contribution in [1.82, 2.24) is 15.0 Å². The zero-order valence-corrected chi connectivity index (χ0v) is 11.8. The Labute approximate surface area is 113 Å². The highest BCUT2D eigenvalue weighted by Crippen LogP contribution is 2.20. The Hall–Kier alpha value is -1.63. The summed E-state index contributed by atoms with van der Waals surface area (Å²) in [7, 11) is 1.80. The molecular weight excluding hydrogens is 244 g/mol. The van der Waals surface area contributed by atoms with E-state index in [2.05, 4.69) is 39.0 Å². The highest BCUT2D eigenvalue weighted by Gasteiger charge is 2.24. The molecule has 2 heterocycles. The molecule has 1 saturated heterocycles. The Morgan fingerprint density at radius 1 is 1.32 bits per heavy atom. The molecule has 0 radical (unpaired) electrons. The number of β-amino-alcohol motifs (C(OH)–C–C–N with tert-alkyl or cyclic N) is 1. The Morgan fingerprint density at radius 2 is 2.05 bits per heavy atom. The van der Waals surface area contributed by atoms with Crippen molar-refractivity contribution in [3.63, 3.8) is 0 Å². The molecule has 0 amide bonds. The third kappa shape index (κ3) is 3.04. The Bertz CT molecular complexity index is 423. The lowest BCUT2D eigenvalue weighted by atomic mass is 10.3. The number of aromatic nitrogens is 3. The summed E-state index contributed by atoms with van der Waals surface area (Å²) in [4.78, 5) is 17.4. The first-order valence-electron chi connectivity index (χ1n) is 6.79. The van der Waals surface area contributed by atoms with Gasteiger partial charge in [-0.1, -0.05) is 0 Å². The molecule has 1 aromatic heterocycles. The number of anilines is 3. The summed E-state index contributed by atoms with van der Waals surface area (Å²) in [6, 6.07) is 0. The molecule has 1 unspecified atom stereocenters. The van der Waals surface area contributed by atoms with Crippen LogP contribution in [0.15, 0.2) is 0 Å². The average Bonchev–Trinajstić information content (AvgIpc) is 2.86. The zero-order valence-electron chi connectivity index (χ0n) is 11.8. The second-order valence-electron chi connectivity index (χ2n) is 4.57. The summed E-state index contributed by atoms with van der Waals surface area (Å²) in [6.07, 6.45) is 0.480. The van der Waals surface area contributed by atoms with E-state index in [9.17, 15) is 5.11 Å². The SMILES string of the molecule is CCN(CC)c1nc(NC)nc(N2CCC(O)C2)n1. The minimum Gasteiger partial charge on any atom is -0.391 e. The minimum absolute atomic E-state index is 0.285. The molecule has 19 heavy (non-hydrogen) atoms. The minimum atomic E-state index is -0.285. The lowest BCUT2D eigenvalue weighted by Crippen LogP contribution is -2.28. The fourth-order valence-corrected chi connectivity index (χ4v) is 2.18. The van der Waals surface area contributed by atoms with Crippen molar-refractivity contribution >= 4 is 17.8 Å². The van der Waals surface area contributed by atoms with Crippen LogP contribution in [-0.2, 0) is 0 Å². The average molecular weight is 266 g/mol. The first-order chi connectivity index (χ1) is 9.17. The van der Waals surface area contributed by atoms with Crippen molar-refractivity contribution in [2.75, 3.05) is 48.3 Å². The highest BCUT2D eigenvalue weighted by molar-refractivity contribution is 5.45. The fraction of sp³-hybridized carbons (Fsp3) is 0.750. The molecule has 1 aromatic rings. The van der Waals surface area contributed by atoms with Crippen molar-refractivity contribution in [3.8, 4) is 0 Å². The number of aliphatic hydroxyl groups excluding tert-OH is 1. The van der Waals surface area contributed by atoms with Crippen molar-refractivity contribution in [2.45, 2.75) is 26.4 Å². The number of nitrogens with zero attached hydrogens (tertiary/aromatic N) is 5. The summed E-state index contributed by atoms with van der Waals surface area (Å²) in [5.41, 5.74) is 0. The van der Waals surface area contributed by atoms with Crippen molar-refractivity contribution in [2.24, 2.45) is 0 Å². The summed E-state index contributed by atoms with van der Waals surface area (Å²) in [6.45, 7) is 7.23. The van der Waals surface area contributed by atoms with Crippen LogP contribution in [0.3, 0.4) is 0 Å². The summed E-state index contributed by atoms with van der Waals surface area (Å²) >= 11 is 0. The predicted molar refractivity (Wildman–Crippen MR) is 75.8 cm³/mol. The molecule has 1 aliphatic rings. The molecular formula is C12H22N6O. The zero-order chi connectivity index (χ0) is 13.8. The van der Waals surface area contributed by atoms with E-state index in [0.29, 0.717) is 24.4 Å². The van der Waals surface area contributed by atoms with Crippen LogP contribution in [0, 0.1) is 0 Å². The summed E-state index contributed by atoms with van der Waals surface area (Å²) in [5, 5.41) is 12.6. The summed E-state index contributed by atoms with van der Waals surface area (Å²) in [5.74, 6) is 1.88. The van der Waals surface area contributed by atoms with Crippen molar-refractivity contribution < 1.29 is 5.11 Å². The van der Waals surface area contributed by atoms with E-state index in [1.54, 1.807) is 7.05 Å². The Kier molecular flexibility index (Phi) is 4.36. The second kappa shape index (κ2) is 6.01. The summed E-state index contributed by atoms with van der Waals surface area (Å²) < 4.78 is 0. The fourth-order valence-electron chi connectivity index (χ4n) is 2.18. The smallest absolute Gasteiger partial charge is 0.232 e. The molecule has 0 saturated carbocycles. The maximum Gasteiger partial charge on any atom is 0.232 e. The van der Waals surface area contributed by atoms with Gasteiger partial charge in [-0.15, -0.1) is 0 Å². The largest absolute Gasteiger partial charge is 0.391 e. The van der Waals surface area contributed by atoms with Gasteiger partial charge in [-0.25, -0.2) is 0 Å². The van der Waals surface area contributed by atoms with Gasteiger partial charge in [0.05, 0.1) is 6.10 Å². The van der Waals surface area contributed by atoms with Crippen LogP contribution in [0.1, 0.15) is 20.3 Å². The van der Waals surface area contributed by atoms with E-state index in [4.69, 9.17) is 0 Å². The van der Waals surface area contributed by atoms with Gasteiger partial charge in [-0.2, -0.15) is 15.0 Å². The van der Waals surface area contributed by atoms with Gasteiger partial charge >= 0.3 is 0 Å². The van der Waals surface area contributed by atoms with Crippen LogP contribution >= 0.6 is 0 Å². The molecule has 2 rings (SSSR count). The Balaban J connectivity index is 2.30. The van der Waals surface area contributed by atoms with E-state index >= 15 is 0 Å². The quantitative estimate of drug-likeness (QED) is 0.795. The topological polar surface area (TPSA) is 77.4 Å². The molecule has 7 nitrogen and oxygen atoms in total. The number of hydrogen-bond donors (Lipinski definition) is 2. The molecule has 0 bridgehead atoms. The van der Waals surface area contributed by atoms with Gasteiger partial charge in [0.2, 0.25) is 17.8 Å². The maximum atomic E-state index is 9.62. The first-order valence-corrected chi connectivity index (χ1v) is 6.79. The van der Waals surface area contributed by atoms with E-state index in [-0.39, 0.29) is 6.10 Å². The maximum absolute atomic E-state index is 9.62. The predicted octanol–water partition coefficient (Wildman–Crippen LogP) is 0.330. The van der Waals surface area contributed by atoms with Crippen LogP contribution < -0.4 is 15.1 Å². The lowest BCUT2D eigenvalue weighted by Gasteiger charge is -2.22. The van der Waals surface area contributed by atoms with E-state index < -0.39 is 0 Å². The first kappa shape index (κ1) is 13.8. The molecule has 7 heteroatoms. The van der Waals surface area contributed by atoms with Gasteiger partial charge in [0.15, 0.2) is 0 Å². The number of aliphatic hydroxyl groups is 1. The van der Waals surface area contributed by atoms with Gasteiger partial charge in [0.1, 0.15) is 0 Å². The monoisotopic (exact) mass is 266 g/mol. The Morgan fingerprint density at radius 3 is 2.58 bits per heavy atom. The van der Waals surface area contributed by atoms with Gasteiger partial charge in [0, 0.05) is 33.2 Å². The van der Waals surface area contributed by atoms with Gasteiger partial charge in [0.25, 0.3) is 0 Å². The second-order valence-corrected chi connectivity index (χ2v) is 4.57. The van der Waals surface area contributed by atoms with Crippen LogP contribution in [-0.4, -0.2) is 59.4 Å². The molecule has 0 spiro atoms. The van der Waals surface area contributed by atoms with Crippen LogP contribution in [0.25, 0.3) is 0 Å². The van der Waals surface area contributed by atoms with Crippen LogP contribution in [0.5, 0.6) is 0 Å². The van der Waals surface area contributed by atoms with Crippen LogP contribution in [0.2, 0.25) is 0 Å². The van der Waals surface area contributed by atoms with Gasteiger partial charge in [-0.3, -0.25) is 0 Å². The molecule has 0 aromatic carbocycles. The third-order valence-electron chi connectivity index (χ3n) is 3.33. The van der Waals surface area contributed by atoms with Crippen LogP contribution in [0.4, 0.5) is 17.8 Å². The molecule has 1 atom stereocenters. The molecule has 1 fully saturated rings. The molecule has 1 aliphatic heterocycles. The standard InChI is InChI=1S/C12H22N6O/c1-4-17(5-2)11-14-10(13-3)15-12(16-11)18-7-6-9(19)8-18/h9,19H,4-8H2,1-3H3,(H,13,14,15,16). The normalized spacial score (nSPS) is 18.7. The lowest BCUT2D eigenvalue weighted by molar-refractivity contribution is 0.198. The van der Waals surface area contributed by atoms with E-state index in [1.165, 1.54) is 0 Å². The molecule has 106 valence electrons. The number of hydrogen-bond acceptors (Lipinski definition) is 7. The van der Waals surface area contributed by atoms with Crippen molar-refractivity contribution in [3.05, 3.63) is 0 Å². The highest BCUT2D eigenvalue weighted by atomic mass is 16.3. The van der Waals surface area contributed by atoms with Gasteiger partial charge in [-0.05, 0) is 20.3 Å². The van der Waals surface area contributed by atoms with Gasteiger partial charge < -0.3 is 20.2 Å². The van der Waals surface area contributed by atoms with E-state index in [0.717, 1.165) is 26.1 Å². The number of nitrogens with one attached hydrogen (secondary N) is 1. The molecule has 0 aliphatic carbocycles. The van der Waals surface area contributed by atoms with E-state index in [1.807, 2.05) is 4.90 Å². The van der Waals surface area contributed by atoms with Crippen molar-refractivity contribution in [1.29, 1.82) is 0 Å². The molecule has 2 N–H and O–H groups in total. The number of rotatable bonds is 5.